The maximum Gasteiger partial charge on any atom is 0.348 e. The molecule has 0 fully saturated rings. The first-order valence-electron chi connectivity index (χ1n) is 9.16. The van der Waals surface area contributed by atoms with Gasteiger partial charge in [0, 0.05) is 19.0 Å². The molecule has 11 heteroatoms. The summed E-state index contributed by atoms with van der Waals surface area (Å²) in [6, 6.07) is 3.42. The largest absolute Gasteiger partial charge is 0.462 e. The number of amides is 1. The molecule has 30 heavy (non-hydrogen) atoms. The van der Waals surface area contributed by atoms with E-state index in [0.29, 0.717) is 15.4 Å². The lowest BCUT2D eigenvalue weighted by Crippen LogP contribution is -2.21. The highest BCUT2D eigenvalue weighted by Gasteiger charge is 2.20. The molecular formula is C19H21N3O5S3. The Hall–Kier alpha value is -2.50. The molecule has 8 nitrogen and oxygen atoms in total. The molecule has 1 amide bonds. The zero-order valence-corrected chi connectivity index (χ0v) is 19.4. The molecule has 3 aromatic heterocycles. The molecule has 0 aliphatic carbocycles. The number of nitrogens with zero attached hydrogens (tertiary/aromatic N) is 2. The molecule has 0 radical (unpaired) electrons. The second-order valence-corrected chi connectivity index (χ2v) is 9.50. The molecule has 0 aliphatic rings. The number of aryl methyl sites for hydroxylation is 1. The van der Waals surface area contributed by atoms with Gasteiger partial charge in [-0.3, -0.25) is 4.79 Å². The van der Waals surface area contributed by atoms with Crippen molar-refractivity contribution in [3.05, 3.63) is 27.5 Å². The Bertz CT molecular complexity index is 1050. The maximum absolute atomic E-state index is 12.3. The second kappa shape index (κ2) is 9.54. The van der Waals surface area contributed by atoms with E-state index >= 15 is 0 Å². The van der Waals surface area contributed by atoms with Crippen LogP contribution in [0, 0.1) is 0 Å². The maximum atomic E-state index is 12.3. The summed E-state index contributed by atoms with van der Waals surface area (Å²) in [6.45, 7) is 3.46. The number of aromatic nitrogens is 1. The van der Waals surface area contributed by atoms with Gasteiger partial charge < -0.3 is 19.7 Å². The molecule has 3 rings (SSSR count). The zero-order chi connectivity index (χ0) is 21.8. The summed E-state index contributed by atoms with van der Waals surface area (Å²) in [4.78, 5) is 45.1. The number of carbonyl (C=O) groups excluding carboxylic acids is 3. The molecule has 0 saturated heterocycles. The van der Waals surface area contributed by atoms with E-state index in [4.69, 9.17) is 9.47 Å². The summed E-state index contributed by atoms with van der Waals surface area (Å²) in [6.07, 6.45) is 0.723. The molecule has 3 aromatic rings. The van der Waals surface area contributed by atoms with Crippen molar-refractivity contribution in [3.63, 3.8) is 0 Å². The van der Waals surface area contributed by atoms with Crippen LogP contribution in [0.25, 0.3) is 9.53 Å². The van der Waals surface area contributed by atoms with Gasteiger partial charge in [0.15, 0.2) is 11.7 Å². The van der Waals surface area contributed by atoms with Crippen LogP contribution in [-0.2, 0) is 20.7 Å². The fourth-order valence-electron chi connectivity index (χ4n) is 2.45. The van der Waals surface area contributed by atoms with Gasteiger partial charge in [0.1, 0.15) is 14.7 Å². The predicted octanol–water partition coefficient (Wildman–Crippen LogP) is 4.02. The molecule has 0 aromatic carbocycles. The second-order valence-electron chi connectivity index (χ2n) is 6.32. The molecule has 0 unspecified atom stereocenters. The highest BCUT2D eigenvalue weighted by Crippen LogP contribution is 2.34. The third kappa shape index (κ3) is 4.97. The molecule has 0 spiro atoms. The van der Waals surface area contributed by atoms with E-state index < -0.39 is 24.5 Å². The van der Waals surface area contributed by atoms with Crippen LogP contribution in [0.5, 0.6) is 0 Å². The fraction of sp³-hybridized carbons (Fsp3) is 0.368. The Morgan fingerprint density at radius 2 is 1.83 bits per heavy atom. The first kappa shape index (κ1) is 22.2. The zero-order valence-electron chi connectivity index (χ0n) is 16.9. The molecule has 0 aliphatic heterocycles. The van der Waals surface area contributed by atoms with Crippen LogP contribution in [0.1, 0.15) is 38.8 Å². The van der Waals surface area contributed by atoms with Crippen molar-refractivity contribution in [2.24, 2.45) is 0 Å². The summed E-state index contributed by atoms with van der Waals surface area (Å²) in [5, 5.41) is 3.89. The van der Waals surface area contributed by atoms with E-state index in [1.165, 1.54) is 34.0 Å². The molecule has 160 valence electrons. The minimum atomic E-state index is -0.585. The number of esters is 2. The highest BCUT2D eigenvalue weighted by molar-refractivity contribution is 7.29. The Balaban J connectivity index is 1.61. The van der Waals surface area contributed by atoms with E-state index in [1.54, 1.807) is 19.1 Å². The van der Waals surface area contributed by atoms with E-state index in [1.807, 2.05) is 25.9 Å². The summed E-state index contributed by atoms with van der Waals surface area (Å²) in [5.41, 5.74) is 0.305. The lowest BCUT2D eigenvalue weighted by molar-refractivity contribution is -0.119. The summed E-state index contributed by atoms with van der Waals surface area (Å²) >= 11 is 4.00. The smallest absolute Gasteiger partial charge is 0.348 e. The van der Waals surface area contributed by atoms with Gasteiger partial charge in [-0.15, -0.1) is 22.7 Å². The highest BCUT2D eigenvalue weighted by atomic mass is 32.1. The van der Waals surface area contributed by atoms with Gasteiger partial charge >= 0.3 is 11.9 Å². The number of nitrogens with one attached hydrogen (secondary N) is 1. The molecular weight excluding hydrogens is 446 g/mol. The summed E-state index contributed by atoms with van der Waals surface area (Å²) in [7, 11) is 3.81. The van der Waals surface area contributed by atoms with Gasteiger partial charge in [-0.05, 0) is 25.5 Å². The minimum Gasteiger partial charge on any atom is -0.462 e. The number of carbonyl (C=O) groups is 3. The van der Waals surface area contributed by atoms with Gasteiger partial charge in [0.25, 0.3) is 5.91 Å². The van der Waals surface area contributed by atoms with Crippen molar-refractivity contribution in [2.75, 3.05) is 37.5 Å². The topological polar surface area (TPSA) is 97.8 Å². The molecule has 0 bridgehead atoms. The van der Waals surface area contributed by atoms with Crippen LogP contribution in [0.3, 0.4) is 0 Å². The average molecular weight is 468 g/mol. The first-order valence-corrected chi connectivity index (χ1v) is 11.6. The van der Waals surface area contributed by atoms with Crippen LogP contribution >= 0.6 is 34.0 Å². The van der Waals surface area contributed by atoms with Crippen molar-refractivity contribution in [1.82, 2.24) is 4.98 Å². The lowest BCUT2D eigenvalue weighted by atomic mass is 10.2. The number of thiophene rings is 2. The van der Waals surface area contributed by atoms with E-state index in [0.717, 1.165) is 26.0 Å². The fourth-order valence-corrected chi connectivity index (χ4v) is 5.48. The standard InChI is InChI=1S/C19H21N3O5S3/c1-5-10-7-11(17(24)26-6-2)15(28-10)20-14(23)9-27-18(25)13-8-12-16(29-13)21-19(30-12)22(3)4/h7-8H,5-6,9H2,1-4H3,(H,20,23). The minimum absolute atomic E-state index is 0.240. The van der Waals surface area contributed by atoms with Gasteiger partial charge in [-0.2, -0.15) is 0 Å². The van der Waals surface area contributed by atoms with Crippen molar-refractivity contribution in [1.29, 1.82) is 0 Å². The van der Waals surface area contributed by atoms with Crippen molar-refractivity contribution < 1.29 is 23.9 Å². The van der Waals surface area contributed by atoms with Crippen LogP contribution in [0.15, 0.2) is 12.1 Å². The Morgan fingerprint density at radius 1 is 1.07 bits per heavy atom. The third-order valence-corrected chi connectivity index (χ3v) is 7.38. The number of ether oxygens (including phenoxy) is 2. The molecule has 1 N–H and O–H groups in total. The van der Waals surface area contributed by atoms with Gasteiger partial charge in [0.2, 0.25) is 0 Å². The first-order chi connectivity index (χ1) is 14.3. The number of thiazole rings is 1. The molecule has 3 heterocycles. The summed E-state index contributed by atoms with van der Waals surface area (Å²) < 4.78 is 11.1. The van der Waals surface area contributed by atoms with Gasteiger partial charge in [-0.25, -0.2) is 14.6 Å². The van der Waals surface area contributed by atoms with Crippen LogP contribution in [0.4, 0.5) is 10.1 Å². The SMILES string of the molecule is CCOC(=O)c1cc(CC)sc1NC(=O)COC(=O)c1cc2sc(N(C)C)nc2s1. The Kier molecular flexibility index (Phi) is 7.06. The Morgan fingerprint density at radius 3 is 2.47 bits per heavy atom. The quantitative estimate of drug-likeness (QED) is 0.500. The number of anilines is 2. The molecule has 0 atom stereocenters. The van der Waals surface area contributed by atoms with E-state index in [9.17, 15) is 14.4 Å². The van der Waals surface area contributed by atoms with Crippen molar-refractivity contribution >= 4 is 71.5 Å². The Labute approximate surface area is 185 Å². The number of rotatable bonds is 8. The molecule has 0 saturated carbocycles. The monoisotopic (exact) mass is 467 g/mol. The average Bonchev–Trinajstić information content (AvgIpc) is 3.39. The van der Waals surface area contributed by atoms with Crippen molar-refractivity contribution in [3.8, 4) is 0 Å². The number of hydrogen-bond donors (Lipinski definition) is 1. The number of hydrogen-bond acceptors (Lipinski definition) is 10. The van der Waals surface area contributed by atoms with Crippen LogP contribution in [0.2, 0.25) is 0 Å². The summed E-state index contributed by atoms with van der Waals surface area (Å²) in [5.74, 6) is -1.61. The predicted molar refractivity (Wildman–Crippen MR) is 120 cm³/mol. The van der Waals surface area contributed by atoms with E-state index in [2.05, 4.69) is 10.3 Å². The van der Waals surface area contributed by atoms with Gasteiger partial charge in [0.05, 0.1) is 16.9 Å². The lowest BCUT2D eigenvalue weighted by Gasteiger charge is -2.06. The van der Waals surface area contributed by atoms with Crippen molar-refractivity contribution in [2.45, 2.75) is 20.3 Å². The number of fused-ring (bicyclic) bond motifs is 1. The normalized spacial score (nSPS) is 10.8. The van der Waals surface area contributed by atoms with Gasteiger partial charge in [-0.1, -0.05) is 18.3 Å². The van der Waals surface area contributed by atoms with Crippen LogP contribution < -0.4 is 10.2 Å². The van der Waals surface area contributed by atoms with E-state index in [-0.39, 0.29) is 6.61 Å². The third-order valence-electron chi connectivity index (χ3n) is 3.88. The van der Waals surface area contributed by atoms with Crippen LogP contribution in [-0.4, -0.2) is 50.1 Å².